The predicted octanol–water partition coefficient (Wildman–Crippen LogP) is 2.29. The molecule has 3 N–H and O–H groups in total. The van der Waals surface area contributed by atoms with Crippen LogP contribution in [0.2, 0.25) is 0 Å². The van der Waals surface area contributed by atoms with E-state index in [4.69, 9.17) is 20.3 Å². The zero-order valence-electron chi connectivity index (χ0n) is 15.3. The highest BCUT2D eigenvalue weighted by atomic mass is 16.7. The van der Waals surface area contributed by atoms with Crippen molar-refractivity contribution < 1.29 is 14.1 Å². The van der Waals surface area contributed by atoms with Gasteiger partial charge in [0.2, 0.25) is 5.91 Å². The lowest BCUT2D eigenvalue weighted by Gasteiger charge is -2.32. The van der Waals surface area contributed by atoms with Crippen LogP contribution in [0, 0.1) is 11.3 Å². The van der Waals surface area contributed by atoms with Crippen molar-refractivity contribution in [3.05, 3.63) is 34.8 Å². The molecule has 0 aromatic heterocycles. The SMILES string of the molecule is CC(=O)NCC(=Cc1ccc(C#N)c(N)c1)B1OC(C)(C)C(C)(C)O1. The Morgan fingerprint density at radius 3 is 2.40 bits per heavy atom. The van der Waals surface area contributed by atoms with Gasteiger partial charge >= 0.3 is 7.12 Å². The molecule has 0 unspecified atom stereocenters. The Morgan fingerprint density at radius 2 is 1.92 bits per heavy atom. The van der Waals surface area contributed by atoms with Gasteiger partial charge in [0, 0.05) is 13.5 Å². The third kappa shape index (κ3) is 4.22. The van der Waals surface area contributed by atoms with E-state index in [9.17, 15) is 4.79 Å². The number of nitriles is 1. The van der Waals surface area contributed by atoms with E-state index < -0.39 is 18.3 Å². The van der Waals surface area contributed by atoms with Gasteiger partial charge in [-0.2, -0.15) is 5.26 Å². The number of hydrogen-bond donors (Lipinski definition) is 2. The fourth-order valence-corrected chi connectivity index (χ4v) is 2.41. The quantitative estimate of drug-likeness (QED) is 0.647. The van der Waals surface area contributed by atoms with Gasteiger partial charge in [-0.1, -0.05) is 12.1 Å². The van der Waals surface area contributed by atoms with Crippen LogP contribution in [0.3, 0.4) is 0 Å². The Labute approximate surface area is 149 Å². The molecule has 132 valence electrons. The van der Waals surface area contributed by atoms with Crippen LogP contribution >= 0.6 is 0 Å². The van der Waals surface area contributed by atoms with Gasteiger partial charge in [0.05, 0.1) is 22.5 Å². The molecule has 0 atom stereocenters. The molecule has 1 fully saturated rings. The van der Waals surface area contributed by atoms with Gasteiger partial charge in [-0.05, 0) is 50.9 Å². The summed E-state index contributed by atoms with van der Waals surface area (Å²) in [5, 5.41) is 11.8. The number of rotatable bonds is 4. The Morgan fingerprint density at radius 1 is 1.32 bits per heavy atom. The molecule has 7 heteroatoms. The Kier molecular flexibility index (Phi) is 5.26. The van der Waals surface area contributed by atoms with E-state index in [0.29, 0.717) is 17.8 Å². The first-order chi connectivity index (χ1) is 11.6. The van der Waals surface area contributed by atoms with Crippen molar-refractivity contribution in [3.63, 3.8) is 0 Å². The van der Waals surface area contributed by atoms with Crippen LogP contribution in [-0.2, 0) is 14.1 Å². The van der Waals surface area contributed by atoms with Crippen LogP contribution in [-0.4, -0.2) is 30.8 Å². The molecule has 1 aromatic carbocycles. The highest BCUT2D eigenvalue weighted by molar-refractivity contribution is 6.56. The molecule has 6 nitrogen and oxygen atoms in total. The fraction of sp³-hybridized carbons (Fsp3) is 0.444. The second-order valence-electron chi connectivity index (χ2n) is 7.18. The molecular weight excluding hydrogens is 317 g/mol. The average Bonchev–Trinajstić information content (AvgIpc) is 2.71. The Hall–Kier alpha value is -2.30. The van der Waals surface area contributed by atoms with Crippen molar-refractivity contribution >= 4 is 24.8 Å². The zero-order chi connectivity index (χ0) is 18.8. The smallest absolute Gasteiger partial charge is 0.400 e. The van der Waals surface area contributed by atoms with Crippen LogP contribution in [0.4, 0.5) is 5.69 Å². The van der Waals surface area contributed by atoms with Crippen molar-refractivity contribution in [3.8, 4) is 6.07 Å². The lowest BCUT2D eigenvalue weighted by Crippen LogP contribution is -2.41. The summed E-state index contributed by atoms with van der Waals surface area (Å²) in [5.74, 6) is -0.137. The first-order valence-electron chi connectivity index (χ1n) is 8.16. The molecule has 0 bridgehead atoms. The lowest BCUT2D eigenvalue weighted by molar-refractivity contribution is -0.118. The van der Waals surface area contributed by atoms with Crippen molar-refractivity contribution in [1.29, 1.82) is 5.26 Å². The summed E-state index contributed by atoms with van der Waals surface area (Å²) < 4.78 is 12.2. The third-order valence-electron chi connectivity index (χ3n) is 4.65. The lowest BCUT2D eigenvalue weighted by atomic mass is 9.77. The minimum absolute atomic E-state index is 0.137. The molecule has 1 heterocycles. The van der Waals surface area contributed by atoms with E-state index in [1.165, 1.54) is 6.92 Å². The third-order valence-corrected chi connectivity index (χ3v) is 4.65. The predicted molar refractivity (Wildman–Crippen MR) is 98.3 cm³/mol. The number of benzene rings is 1. The molecule has 1 aliphatic heterocycles. The largest absolute Gasteiger partial charge is 0.492 e. The van der Waals surface area contributed by atoms with Crippen LogP contribution in [0.1, 0.15) is 45.7 Å². The maximum absolute atomic E-state index is 11.3. The van der Waals surface area contributed by atoms with Gasteiger partial charge in [0.15, 0.2) is 0 Å². The van der Waals surface area contributed by atoms with Gasteiger partial charge in [-0.25, -0.2) is 0 Å². The minimum Gasteiger partial charge on any atom is -0.400 e. The van der Waals surface area contributed by atoms with Crippen molar-refractivity contribution in [1.82, 2.24) is 5.32 Å². The van der Waals surface area contributed by atoms with Crippen molar-refractivity contribution in [2.24, 2.45) is 0 Å². The normalized spacial score (nSPS) is 18.7. The topological polar surface area (TPSA) is 97.4 Å². The number of amides is 1. The summed E-state index contributed by atoms with van der Waals surface area (Å²) in [6, 6.07) is 7.23. The molecule has 2 rings (SSSR count). The molecule has 1 aliphatic rings. The summed E-state index contributed by atoms with van der Waals surface area (Å²) in [6.45, 7) is 9.66. The van der Waals surface area contributed by atoms with E-state index in [0.717, 1.165) is 11.0 Å². The van der Waals surface area contributed by atoms with Gasteiger partial charge in [0.1, 0.15) is 6.07 Å². The summed E-state index contributed by atoms with van der Waals surface area (Å²) in [5.41, 5.74) is 7.36. The maximum Gasteiger partial charge on any atom is 0.492 e. The van der Waals surface area contributed by atoms with E-state index in [1.54, 1.807) is 18.2 Å². The number of nitrogen functional groups attached to an aromatic ring is 1. The number of nitrogens with one attached hydrogen (secondary N) is 1. The molecular formula is C18H24BN3O3. The molecule has 1 aromatic rings. The monoisotopic (exact) mass is 341 g/mol. The number of carbonyl (C=O) groups is 1. The van der Waals surface area contributed by atoms with Gasteiger partial charge < -0.3 is 20.4 Å². The second kappa shape index (κ2) is 6.91. The summed E-state index contributed by atoms with van der Waals surface area (Å²) in [4.78, 5) is 11.3. The maximum atomic E-state index is 11.3. The van der Waals surface area contributed by atoms with E-state index >= 15 is 0 Å². The summed E-state index contributed by atoms with van der Waals surface area (Å²) >= 11 is 0. The van der Waals surface area contributed by atoms with Gasteiger partial charge in [-0.3, -0.25) is 4.79 Å². The molecule has 25 heavy (non-hydrogen) atoms. The highest BCUT2D eigenvalue weighted by Gasteiger charge is 2.52. The van der Waals surface area contributed by atoms with Crippen LogP contribution in [0.5, 0.6) is 0 Å². The van der Waals surface area contributed by atoms with E-state index in [-0.39, 0.29) is 5.91 Å². The Bertz CT molecular complexity index is 734. The minimum atomic E-state index is -0.575. The van der Waals surface area contributed by atoms with E-state index in [1.807, 2.05) is 39.8 Å². The summed E-state index contributed by atoms with van der Waals surface area (Å²) in [7, 11) is -0.575. The standard InChI is InChI=1S/C18H24BN3O3/c1-12(23)22-11-15(19-24-17(2,3)18(4,5)25-19)8-13-6-7-14(10-20)16(21)9-13/h6-9H,11,21H2,1-5H3,(H,22,23). The van der Waals surface area contributed by atoms with Crippen LogP contribution in [0.25, 0.3) is 6.08 Å². The number of hydrogen-bond acceptors (Lipinski definition) is 5. The van der Waals surface area contributed by atoms with Crippen molar-refractivity contribution in [2.45, 2.75) is 45.8 Å². The fourth-order valence-electron chi connectivity index (χ4n) is 2.41. The van der Waals surface area contributed by atoms with Crippen LogP contribution in [0.15, 0.2) is 23.7 Å². The van der Waals surface area contributed by atoms with Crippen molar-refractivity contribution in [2.75, 3.05) is 12.3 Å². The van der Waals surface area contributed by atoms with Gasteiger partial charge in [-0.15, -0.1) is 0 Å². The van der Waals surface area contributed by atoms with Crippen LogP contribution < -0.4 is 11.1 Å². The zero-order valence-corrected chi connectivity index (χ0v) is 15.3. The Balaban J connectivity index is 2.35. The average molecular weight is 341 g/mol. The number of anilines is 1. The highest BCUT2D eigenvalue weighted by Crippen LogP contribution is 2.38. The number of carbonyl (C=O) groups excluding carboxylic acids is 1. The molecule has 0 radical (unpaired) electrons. The van der Waals surface area contributed by atoms with E-state index in [2.05, 4.69) is 5.32 Å². The number of nitrogens with zero attached hydrogens (tertiary/aromatic N) is 1. The second-order valence-corrected chi connectivity index (χ2v) is 7.18. The molecule has 0 aliphatic carbocycles. The number of nitrogens with two attached hydrogens (primary N) is 1. The first kappa shape index (κ1) is 19.0. The van der Waals surface area contributed by atoms with Gasteiger partial charge in [0.25, 0.3) is 0 Å². The molecule has 1 amide bonds. The molecule has 0 spiro atoms. The molecule has 0 saturated carbocycles. The summed E-state index contributed by atoms with van der Waals surface area (Å²) in [6.07, 6.45) is 1.87. The first-order valence-corrected chi connectivity index (χ1v) is 8.16. The molecule has 1 saturated heterocycles.